The first-order valence-corrected chi connectivity index (χ1v) is 9.45. The van der Waals surface area contributed by atoms with Gasteiger partial charge in [-0.1, -0.05) is 12.8 Å². The number of fused-ring (bicyclic) bond motifs is 1. The maximum absolute atomic E-state index is 12.4. The molecule has 0 bridgehead atoms. The van der Waals surface area contributed by atoms with Gasteiger partial charge in [0.15, 0.2) is 6.61 Å². The molecule has 1 aliphatic heterocycles. The maximum Gasteiger partial charge on any atom is 0.259 e. The Kier molecular flexibility index (Phi) is 5.96. The van der Waals surface area contributed by atoms with E-state index in [0.29, 0.717) is 11.4 Å². The molecule has 2 atom stereocenters. The van der Waals surface area contributed by atoms with Gasteiger partial charge in [0.25, 0.3) is 5.91 Å². The van der Waals surface area contributed by atoms with Gasteiger partial charge >= 0.3 is 0 Å². The third-order valence-electron chi connectivity index (χ3n) is 5.23. The molecule has 1 N–H and O–H groups in total. The predicted molar refractivity (Wildman–Crippen MR) is 101 cm³/mol. The molecule has 1 saturated carbocycles. The summed E-state index contributed by atoms with van der Waals surface area (Å²) < 4.78 is 5.38. The average Bonchev–Trinajstić information content (AvgIpc) is 2.92. The molecule has 1 heterocycles. The Labute approximate surface area is 163 Å². The van der Waals surface area contributed by atoms with Crippen LogP contribution in [-0.4, -0.2) is 60.7 Å². The van der Waals surface area contributed by atoms with Gasteiger partial charge in [0.2, 0.25) is 17.7 Å². The molecule has 0 spiro atoms. The molecule has 0 aromatic heterocycles. The maximum atomic E-state index is 12.4. The van der Waals surface area contributed by atoms with Gasteiger partial charge in [0.1, 0.15) is 12.3 Å². The number of carbonyl (C=O) groups is 4. The SMILES string of the molecule is CN(C)C(=O)COc1ccc(NC(=O)CN2C(=O)C3CCCCC3C2=O)cc1. The Hall–Kier alpha value is -2.90. The highest BCUT2D eigenvalue weighted by Gasteiger charge is 2.48. The molecule has 8 heteroatoms. The van der Waals surface area contributed by atoms with E-state index in [9.17, 15) is 19.2 Å². The fourth-order valence-electron chi connectivity index (χ4n) is 3.64. The van der Waals surface area contributed by atoms with Crippen LogP contribution in [-0.2, 0) is 19.2 Å². The number of hydrogen-bond acceptors (Lipinski definition) is 5. The molecule has 2 aliphatic rings. The molecule has 2 unspecified atom stereocenters. The van der Waals surface area contributed by atoms with Gasteiger partial charge in [-0.25, -0.2) is 0 Å². The van der Waals surface area contributed by atoms with E-state index in [2.05, 4.69) is 5.32 Å². The lowest BCUT2D eigenvalue weighted by Gasteiger charge is -2.19. The number of rotatable bonds is 6. The number of likely N-dealkylation sites (N-methyl/N-ethyl adjacent to an activating group) is 1. The summed E-state index contributed by atoms with van der Waals surface area (Å²) >= 11 is 0. The Bertz CT molecular complexity index is 751. The minimum absolute atomic E-state index is 0.0692. The normalized spacial score (nSPS) is 21.3. The molecule has 1 aromatic rings. The summed E-state index contributed by atoms with van der Waals surface area (Å²) in [6.45, 7) is -0.333. The number of nitrogens with one attached hydrogen (secondary N) is 1. The molecule has 2 fully saturated rings. The van der Waals surface area contributed by atoms with E-state index in [1.807, 2.05) is 0 Å². The molecule has 1 aromatic carbocycles. The molecule has 3 rings (SSSR count). The molecule has 150 valence electrons. The molecule has 4 amide bonds. The number of ether oxygens (including phenoxy) is 1. The van der Waals surface area contributed by atoms with E-state index in [1.54, 1.807) is 38.4 Å². The Morgan fingerprint density at radius 3 is 2.18 bits per heavy atom. The zero-order valence-corrected chi connectivity index (χ0v) is 16.1. The predicted octanol–water partition coefficient (Wildman–Crippen LogP) is 1.27. The van der Waals surface area contributed by atoms with E-state index < -0.39 is 5.91 Å². The summed E-state index contributed by atoms with van der Waals surface area (Å²) in [5, 5.41) is 2.69. The third kappa shape index (κ3) is 4.32. The second-order valence-corrected chi connectivity index (χ2v) is 7.41. The average molecular weight is 387 g/mol. The number of anilines is 1. The summed E-state index contributed by atoms with van der Waals surface area (Å²) in [5.74, 6) is -1.03. The van der Waals surface area contributed by atoms with Crippen LogP contribution in [0.2, 0.25) is 0 Å². The smallest absolute Gasteiger partial charge is 0.259 e. The van der Waals surface area contributed by atoms with Crippen LogP contribution in [0.5, 0.6) is 5.75 Å². The molecular formula is C20H25N3O5. The quantitative estimate of drug-likeness (QED) is 0.742. The van der Waals surface area contributed by atoms with Crippen LogP contribution in [0, 0.1) is 11.8 Å². The van der Waals surface area contributed by atoms with E-state index in [1.165, 1.54) is 4.90 Å². The lowest BCUT2D eigenvalue weighted by molar-refractivity contribution is -0.142. The van der Waals surface area contributed by atoms with Crippen LogP contribution >= 0.6 is 0 Å². The lowest BCUT2D eigenvalue weighted by Crippen LogP contribution is -2.38. The molecule has 1 aliphatic carbocycles. The summed E-state index contributed by atoms with van der Waals surface area (Å²) in [7, 11) is 3.30. The van der Waals surface area contributed by atoms with Crippen molar-refractivity contribution >= 4 is 29.3 Å². The van der Waals surface area contributed by atoms with Crippen LogP contribution < -0.4 is 10.1 Å². The standard InChI is InChI=1S/C20H25N3O5/c1-22(2)18(25)12-28-14-9-7-13(8-10-14)21-17(24)11-23-19(26)15-5-3-4-6-16(15)20(23)27/h7-10,15-16H,3-6,11-12H2,1-2H3,(H,21,24). The van der Waals surface area contributed by atoms with Crippen LogP contribution in [0.25, 0.3) is 0 Å². The number of hydrogen-bond donors (Lipinski definition) is 1. The van der Waals surface area contributed by atoms with Crippen molar-refractivity contribution < 1.29 is 23.9 Å². The van der Waals surface area contributed by atoms with Crippen LogP contribution in [0.1, 0.15) is 25.7 Å². The van der Waals surface area contributed by atoms with Gasteiger partial charge in [-0.15, -0.1) is 0 Å². The van der Waals surface area contributed by atoms with Gasteiger partial charge in [0.05, 0.1) is 11.8 Å². The first kappa shape index (κ1) is 19.9. The van der Waals surface area contributed by atoms with Crippen molar-refractivity contribution in [3.63, 3.8) is 0 Å². The number of imide groups is 1. The van der Waals surface area contributed by atoms with Gasteiger partial charge < -0.3 is 15.0 Å². The Morgan fingerprint density at radius 2 is 1.64 bits per heavy atom. The van der Waals surface area contributed by atoms with Crippen molar-refractivity contribution in [3.8, 4) is 5.75 Å². The molecule has 8 nitrogen and oxygen atoms in total. The zero-order chi connectivity index (χ0) is 20.3. The Balaban J connectivity index is 1.53. The monoisotopic (exact) mass is 387 g/mol. The van der Waals surface area contributed by atoms with Crippen molar-refractivity contribution in [1.29, 1.82) is 0 Å². The molecule has 28 heavy (non-hydrogen) atoms. The topological polar surface area (TPSA) is 96.0 Å². The largest absolute Gasteiger partial charge is 0.484 e. The summed E-state index contributed by atoms with van der Waals surface area (Å²) in [5.41, 5.74) is 0.521. The van der Waals surface area contributed by atoms with Crippen molar-refractivity contribution in [2.45, 2.75) is 25.7 Å². The highest BCUT2D eigenvalue weighted by molar-refractivity contribution is 6.08. The highest BCUT2D eigenvalue weighted by atomic mass is 16.5. The van der Waals surface area contributed by atoms with Crippen molar-refractivity contribution in [1.82, 2.24) is 9.80 Å². The van der Waals surface area contributed by atoms with Crippen molar-refractivity contribution in [2.24, 2.45) is 11.8 Å². The van der Waals surface area contributed by atoms with E-state index >= 15 is 0 Å². The minimum Gasteiger partial charge on any atom is -0.484 e. The summed E-state index contributed by atoms with van der Waals surface area (Å²) in [6, 6.07) is 6.56. The van der Waals surface area contributed by atoms with Crippen molar-refractivity contribution in [3.05, 3.63) is 24.3 Å². The lowest BCUT2D eigenvalue weighted by atomic mass is 9.81. The minimum atomic E-state index is -0.420. The number of carbonyl (C=O) groups excluding carboxylic acids is 4. The Morgan fingerprint density at radius 1 is 1.07 bits per heavy atom. The zero-order valence-electron chi connectivity index (χ0n) is 16.1. The molecule has 0 radical (unpaired) electrons. The number of likely N-dealkylation sites (tertiary alicyclic amines) is 1. The van der Waals surface area contributed by atoms with Crippen LogP contribution in [0.15, 0.2) is 24.3 Å². The highest BCUT2D eigenvalue weighted by Crippen LogP contribution is 2.37. The molecular weight excluding hydrogens is 362 g/mol. The fraction of sp³-hybridized carbons (Fsp3) is 0.500. The van der Waals surface area contributed by atoms with Gasteiger partial charge in [-0.3, -0.25) is 24.1 Å². The number of benzene rings is 1. The number of amides is 4. The van der Waals surface area contributed by atoms with E-state index in [-0.39, 0.29) is 42.7 Å². The number of nitrogens with zero attached hydrogens (tertiary/aromatic N) is 2. The molecule has 1 saturated heterocycles. The van der Waals surface area contributed by atoms with Crippen LogP contribution in [0.3, 0.4) is 0 Å². The first-order valence-electron chi connectivity index (χ1n) is 9.45. The fourth-order valence-corrected chi connectivity index (χ4v) is 3.64. The van der Waals surface area contributed by atoms with Crippen LogP contribution in [0.4, 0.5) is 5.69 Å². The van der Waals surface area contributed by atoms with Gasteiger partial charge in [-0.05, 0) is 37.1 Å². The van der Waals surface area contributed by atoms with Gasteiger partial charge in [0, 0.05) is 19.8 Å². The third-order valence-corrected chi connectivity index (χ3v) is 5.23. The summed E-state index contributed by atoms with van der Waals surface area (Å²) in [6.07, 6.45) is 3.36. The first-order chi connectivity index (χ1) is 13.4. The summed E-state index contributed by atoms with van der Waals surface area (Å²) in [4.78, 5) is 51.2. The van der Waals surface area contributed by atoms with Gasteiger partial charge in [-0.2, -0.15) is 0 Å². The van der Waals surface area contributed by atoms with E-state index in [0.717, 1.165) is 30.6 Å². The van der Waals surface area contributed by atoms with Crippen molar-refractivity contribution in [2.75, 3.05) is 32.6 Å². The van der Waals surface area contributed by atoms with E-state index in [4.69, 9.17) is 4.74 Å². The second kappa shape index (κ2) is 8.41. The second-order valence-electron chi connectivity index (χ2n) is 7.41.